The third kappa shape index (κ3) is 4.80. The highest BCUT2D eigenvalue weighted by Gasteiger charge is 2.42. The van der Waals surface area contributed by atoms with E-state index >= 15 is 0 Å². The van der Waals surface area contributed by atoms with E-state index < -0.39 is 29.8 Å². The zero-order valence-corrected chi connectivity index (χ0v) is 22.8. The molecule has 0 fully saturated rings. The molecule has 9 heteroatoms. The summed E-state index contributed by atoms with van der Waals surface area (Å²) < 4.78 is 5.74. The van der Waals surface area contributed by atoms with Crippen LogP contribution in [0.2, 0.25) is 0 Å². The summed E-state index contributed by atoms with van der Waals surface area (Å²) in [5.41, 5.74) is 9.51. The Balaban J connectivity index is 1.71. The highest BCUT2D eigenvalue weighted by Crippen LogP contribution is 2.40. The minimum Gasteiger partial charge on any atom is -0.496 e. The van der Waals surface area contributed by atoms with E-state index in [1.165, 1.54) is 4.90 Å². The Hall–Kier alpha value is -4.63. The number of benzene rings is 4. The Bertz CT molecular complexity index is 1590. The van der Waals surface area contributed by atoms with Gasteiger partial charge >= 0.3 is 0 Å². The largest absolute Gasteiger partial charge is 0.496 e. The molecule has 3 amide bonds. The predicted molar refractivity (Wildman–Crippen MR) is 160 cm³/mol. The van der Waals surface area contributed by atoms with Crippen LogP contribution in [0, 0.1) is 0 Å². The van der Waals surface area contributed by atoms with E-state index in [-0.39, 0.29) is 6.54 Å². The summed E-state index contributed by atoms with van der Waals surface area (Å²) in [6.07, 6.45) is 0.361. The number of nitrogens with zero attached hydrogens (tertiary/aromatic N) is 2. The van der Waals surface area contributed by atoms with E-state index in [2.05, 4.69) is 5.32 Å². The first-order valence-corrected chi connectivity index (χ1v) is 13.3. The van der Waals surface area contributed by atoms with Gasteiger partial charge in [-0.3, -0.25) is 19.3 Å². The molecule has 4 aromatic rings. The van der Waals surface area contributed by atoms with Gasteiger partial charge < -0.3 is 20.7 Å². The summed E-state index contributed by atoms with van der Waals surface area (Å²) >= 11 is 0. The Morgan fingerprint density at radius 3 is 2.33 bits per heavy atom. The molecule has 0 saturated heterocycles. The Kier molecular flexibility index (Phi) is 7.57. The van der Waals surface area contributed by atoms with Crippen LogP contribution in [0.25, 0.3) is 10.8 Å². The lowest BCUT2D eigenvalue weighted by Crippen LogP contribution is -2.57. The second kappa shape index (κ2) is 11.2. The lowest BCUT2D eigenvalue weighted by molar-refractivity contribution is -0.134. The topological polar surface area (TPSA) is 105 Å². The summed E-state index contributed by atoms with van der Waals surface area (Å²) in [5, 5.41) is 4.63. The molecule has 40 heavy (non-hydrogen) atoms. The normalized spacial score (nSPS) is 15.9. The van der Waals surface area contributed by atoms with Crippen molar-refractivity contribution < 1.29 is 19.1 Å². The highest BCUT2D eigenvalue weighted by atomic mass is 16.5. The molecule has 202 valence electrons. The van der Waals surface area contributed by atoms with Crippen molar-refractivity contribution in [1.29, 1.82) is 0 Å². The number of nitrogens with two attached hydrogens (primary N) is 1. The summed E-state index contributed by atoms with van der Waals surface area (Å²) in [4.78, 5) is 44.5. The second-order valence-electron chi connectivity index (χ2n) is 9.80. The van der Waals surface area contributed by atoms with Gasteiger partial charge in [0.1, 0.15) is 13.6 Å². The van der Waals surface area contributed by atoms with Gasteiger partial charge in [-0.1, -0.05) is 67.0 Å². The molecule has 1 unspecified atom stereocenters. The van der Waals surface area contributed by atoms with E-state index in [0.717, 1.165) is 21.8 Å². The predicted octanol–water partition coefficient (Wildman–Crippen LogP) is 2.54. The van der Waals surface area contributed by atoms with Crippen molar-refractivity contribution in [1.82, 2.24) is 5.32 Å². The number of fused-ring (bicyclic) bond motifs is 2. The molecule has 0 radical (unpaired) electrons. The van der Waals surface area contributed by atoms with E-state index in [1.807, 2.05) is 68.5 Å². The highest BCUT2D eigenvalue weighted by molar-refractivity contribution is 6.39. The average Bonchev–Trinajstić information content (AvgIpc) is 3.06. The molecule has 4 aromatic carbocycles. The van der Waals surface area contributed by atoms with Gasteiger partial charge in [0, 0.05) is 11.3 Å². The summed E-state index contributed by atoms with van der Waals surface area (Å²) in [6.45, 7) is 1.89. The van der Waals surface area contributed by atoms with Gasteiger partial charge in [0.15, 0.2) is 6.04 Å². The molecule has 0 saturated carbocycles. The SMILES string of the molecule is Bc1cccc2c(CN3C(=O)C(NC(=O)[C@@H](N)CC)C(=O)N(c4ccccc4)c4ccccc43)c(OC)ccc12. The van der Waals surface area contributed by atoms with Crippen molar-refractivity contribution in [3.8, 4) is 5.75 Å². The molecule has 3 N–H and O–H groups in total. The maximum absolute atomic E-state index is 14.3. The van der Waals surface area contributed by atoms with E-state index in [0.29, 0.717) is 29.2 Å². The van der Waals surface area contributed by atoms with Crippen LogP contribution in [0.1, 0.15) is 18.9 Å². The van der Waals surface area contributed by atoms with Gasteiger partial charge in [-0.05, 0) is 47.5 Å². The van der Waals surface area contributed by atoms with Crippen LogP contribution < -0.4 is 31.0 Å². The number of para-hydroxylation sites is 3. The molecule has 0 aromatic heterocycles. The Labute approximate surface area is 234 Å². The molecule has 0 spiro atoms. The van der Waals surface area contributed by atoms with Crippen molar-refractivity contribution in [2.45, 2.75) is 32.0 Å². The molecule has 5 rings (SSSR count). The van der Waals surface area contributed by atoms with E-state index in [1.54, 1.807) is 43.2 Å². The Morgan fingerprint density at radius 2 is 1.62 bits per heavy atom. The van der Waals surface area contributed by atoms with Crippen molar-refractivity contribution in [2.75, 3.05) is 16.9 Å². The number of hydrogen-bond acceptors (Lipinski definition) is 5. The van der Waals surface area contributed by atoms with Crippen molar-refractivity contribution in [2.24, 2.45) is 5.73 Å². The molecule has 8 nitrogen and oxygen atoms in total. The molecule has 0 bridgehead atoms. The molecular formula is C31H31BN4O4. The van der Waals surface area contributed by atoms with Crippen LogP contribution in [0.3, 0.4) is 0 Å². The maximum atomic E-state index is 14.3. The number of ether oxygens (including phenoxy) is 1. The zero-order valence-electron chi connectivity index (χ0n) is 22.8. The minimum absolute atomic E-state index is 0.113. The van der Waals surface area contributed by atoms with Gasteiger partial charge in [0.2, 0.25) is 5.91 Å². The third-order valence-corrected chi connectivity index (χ3v) is 7.36. The first kappa shape index (κ1) is 27.0. The van der Waals surface area contributed by atoms with Gasteiger partial charge in [-0.25, -0.2) is 0 Å². The Morgan fingerprint density at radius 1 is 0.925 bits per heavy atom. The second-order valence-corrected chi connectivity index (χ2v) is 9.80. The van der Waals surface area contributed by atoms with Crippen LogP contribution in [0.4, 0.5) is 17.1 Å². The zero-order chi connectivity index (χ0) is 28.4. The smallest absolute Gasteiger partial charge is 0.264 e. The van der Waals surface area contributed by atoms with Crippen LogP contribution in [-0.2, 0) is 20.9 Å². The molecule has 0 aliphatic carbocycles. The van der Waals surface area contributed by atoms with E-state index in [9.17, 15) is 14.4 Å². The van der Waals surface area contributed by atoms with Gasteiger partial charge in [-0.15, -0.1) is 0 Å². The molecule has 1 heterocycles. The van der Waals surface area contributed by atoms with Crippen LogP contribution in [-0.4, -0.2) is 44.8 Å². The number of carbonyl (C=O) groups is 3. The third-order valence-electron chi connectivity index (χ3n) is 7.36. The molecule has 1 aliphatic heterocycles. The average molecular weight is 534 g/mol. The minimum atomic E-state index is -1.49. The van der Waals surface area contributed by atoms with Crippen LogP contribution >= 0.6 is 0 Å². The van der Waals surface area contributed by atoms with Gasteiger partial charge in [-0.2, -0.15) is 0 Å². The standard InChI is InChI=1S/C31H31BN4O4/c1-3-24(33)29(37)34-28-30(38)35(18-22-20-12-9-13-23(32)21(20)16-17-27(22)40-2)25-14-7-8-15-26(25)36(31(28)39)19-10-5-4-6-11-19/h4-17,24,28H,3,18,32-33H2,1-2H3,(H,34,37)/t24-,28?/m0/s1. The number of nitrogens with one attached hydrogen (secondary N) is 1. The molecule has 2 atom stereocenters. The fraction of sp³-hybridized carbons (Fsp3) is 0.194. The quantitative estimate of drug-likeness (QED) is 0.280. The number of rotatable bonds is 7. The molecular weight excluding hydrogens is 503 g/mol. The fourth-order valence-corrected chi connectivity index (χ4v) is 5.14. The fourth-order valence-electron chi connectivity index (χ4n) is 5.14. The van der Waals surface area contributed by atoms with Crippen LogP contribution in [0.5, 0.6) is 5.75 Å². The number of anilines is 3. The molecule has 1 aliphatic rings. The first-order chi connectivity index (χ1) is 19.3. The number of methoxy groups -OCH3 is 1. The lowest BCUT2D eigenvalue weighted by Gasteiger charge is -2.27. The van der Waals surface area contributed by atoms with Crippen molar-refractivity contribution in [3.63, 3.8) is 0 Å². The summed E-state index contributed by atoms with van der Waals surface area (Å²) in [6, 6.07) is 23.9. The summed E-state index contributed by atoms with van der Waals surface area (Å²) in [7, 11) is 3.62. The number of carbonyl (C=O) groups excluding carboxylic acids is 3. The first-order valence-electron chi connectivity index (χ1n) is 13.3. The van der Waals surface area contributed by atoms with Crippen molar-refractivity contribution in [3.05, 3.63) is 90.5 Å². The van der Waals surface area contributed by atoms with E-state index in [4.69, 9.17) is 10.5 Å². The number of amides is 3. The monoisotopic (exact) mass is 534 g/mol. The van der Waals surface area contributed by atoms with Crippen LogP contribution in [0.15, 0.2) is 84.9 Å². The summed E-state index contributed by atoms with van der Waals surface area (Å²) in [5.74, 6) is -1.07. The maximum Gasteiger partial charge on any atom is 0.264 e. The van der Waals surface area contributed by atoms with Gasteiger partial charge in [0.25, 0.3) is 11.8 Å². The lowest BCUT2D eigenvalue weighted by atomic mass is 9.88. The van der Waals surface area contributed by atoms with Crippen molar-refractivity contribution >= 4 is 58.9 Å². The van der Waals surface area contributed by atoms with Gasteiger partial charge in [0.05, 0.1) is 31.1 Å². The number of hydrogen-bond donors (Lipinski definition) is 2.